The van der Waals surface area contributed by atoms with Crippen molar-refractivity contribution in [3.8, 4) is 0 Å². The van der Waals surface area contributed by atoms with Crippen molar-refractivity contribution in [2.24, 2.45) is 0 Å². The highest BCUT2D eigenvalue weighted by molar-refractivity contribution is 9.20. The van der Waals surface area contributed by atoms with Gasteiger partial charge in [-0.1, -0.05) is 114 Å². The molecule has 0 saturated carbocycles. The van der Waals surface area contributed by atoms with Crippen LogP contribution in [0.25, 0.3) is 0 Å². The molecule has 3 aromatic rings. The molecule has 2 unspecified atom stereocenters. The Kier molecular flexibility index (Phi) is 12.5. The number of carbonyl (C=O) groups is 2. The molecule has 2 saturated heterocycles. The summed E-state index contributed by atoms with van der Waals surface area (Å²) in [5.74, 6) is -1.31. The molecule has 0 aromatic heterocycles. The van der Waals surface area contributed by atoms with Gasteiger partial charge in [0.15, 0.2) is 5.79 Å². The van der Waals surface area contributed by atoms with E-state index < -0.39 is 29.2 Å². The van der Waals surface area contributed by atoms with Gasteiger partial charge in [-0.25, -0.2) is 4.79 Å². The van der Waals surface area contributed by atoms with E-state index in [9.17, 15) is 9.59 Å². The van der Waals surface area contributed by atoms with Gasteiger partial charge in [-0.05, 0) is 79.8 Å². The molecule has 2 heterocycles. The fourth-order valence-corrected chi connectivity index (χ4v) is 12.7. The first kappa shape index (κ1) is 36.6. The predicted molar refractivity (Wildman–Crippen MR) is 192 cm³/mol. The Morgan fingerprint density at radius 3 is 1.67 bits per heavy atom. The Morgan fingerprint density at radius 2 is 1.26 bits per heavy atom. The predicted octanol–water partition coefficient (Wildman–Crippen LogP) is 6.47. The Bertz CT molecular complexity index is 1410. The average Bonchev–Trinajstić information content (AvgIpc) is 3.47. The van der Waals surface area contributed by atoms with Crippen molar-refractivity contribution in [3.63, 3.8) is 0 Å². The maximum Gasteiger partial charge on any atom is 0.346 e. The van der Waals surface area contributed by atoms with E-state index >= 15 is 0 Å². The Balaban J connectivity index is 0.000000216. The molecule has 2 fully saturated rings. The average molecular weight is 779 g/mol. The van der Waals surface area contributed by atoms with Gasteiger partial charge in [-0.3, -0.25) is 4.79 Å². The first-order valence-corrected chi connectivity index (χ1v) is 19.1. The minimum absolute atomic E-state index is 0.0822. The van der Waals surface area contributed by atoms with E-state index in [-0.39, 0.29) is 24.1 Å². The van der Waals surface area contributed by atoms with Crippen molar-refractivity contribution < 1.29 is 33.3 Å². The number of ether oxygens (including phenoxy) is 5. The first-order chi connectivity index (χ1) is 22.0. The SMILES string of the molecule is CCOC(=O)C(Br)=P(c1ccccc1)(c1ccccc1)c1ccccc1.CCOC(=O)C(Br)C1O[C@H](CC)[C@H]2OC(C)(C)O[C@@]12C. The molecule has 0 bridgehead atoms. The standard InChI is InChI=1S/C22H20BrO2P.C14H23BrO5/c1-2-25-22(24)21(23)26(18-12-6-3-7-13-18,19-14-8-4-9-15-19)20-16-10-5-11-17-20;1-6-8-10-14(5,20-13(3,4)19-10)11(18-8)9(15)12(16)17-7-2/h3-17H,2H2,1H3;8-11H,6-7H2,1-5H3/t;8-,9?,10-,11?,14-/m.1/s1. The molecule has 0 aliphatic carbocycles. The van der Waals surface area contributed by atoms with Gasteiger partial charge >= 0.3 is 11.9 Å². The van der Waals surface area contributed by atoms with Gasteiger partial charge < -0.3 is 23.7 Å². The molecule has 7 nitrogen and oxygen atoms in total. The zero-order valence-corrected chi connectivity index (χ0v) is 31.2. The maximum absolute atomic E-state index is 12.8. The quantitative estimate of drug-likeness (QED) is 0.140. The summed E-state index contributed by atoms with van der Waals surface area (Å²) >= 11 is 7.07. The molecule has 248 valence electrons. The van der Waals surface area contributed by atoms with Gasteiger partial charge in [-0.2, -0.15) is 0 Å². The molecule has 0 amide bonds. The largest absolute Gasteiger partial charge is 0.465 e. The number of alkyl halides is 1. The van der Waals surface area contributed by atoms with Crippen LogP contribution in [0.3, 0.4) is 0 Å². The smallest absolute Gasteiger partial charge is 0.346 e. The Morgan fingerprint density at radius 1 is 0.804 bits per heavy atom. The molecule has 2 aliphatic heterocycles. The lowest BCUT2D eigenvalue weighted by Gasteiger charge is -2.31. The van der Waals surface area contributed by atoms with Crippen molar-refractivity contribution in [3.05, 3.63) is 91.0 Å². The number of rotatable bonds is 9. The molecular formula is C36H43Br2O7P. The minimum atomic E-state index is -2.37. The minimum Gasteiger partial charge on any atom is -0.465 e. The topological polar surface area (TPSA) is 80.3 Å². The van der Waals surface area contributed by atoms with Crippen molar-refractivity contribution >= 4 is 70.8 Å². The number of hydrogen-bond donors (Lipinski definition) is 0. The molecule has 46 heavy (non-hydrogen) atoms. The summed E-state index contributed by atoms with van der Waals surface area (Å²) in [5, 5.41) is 3.33. The summed E-state index contributed by atoms with van der Waals surface area (Å²) in [6, 6.07) is 30.6. The van der Waals surface area contributed by atoms with Crippen LogP contribution >= 0.6 is 38.7 Å². The van der Waals surface area contributed by atoms with Crippen LogP contribution in [0.2, 0.25) is 0 Å². The molecular weight excluding hydrogens is 735 g/mol. The molecule has 10 heteroatoms. The first-order valence-electron chi connectivity index (χ1n) is 15.6. The van der Waals surface area contributed by atoms with Gasteiger partial charge in [-0.15, -0.1) is 0 Å². The van der Waals surface area contributed by atoms with Crippen LogP contribution in [0.4, 0.5) is 0 Å². The Hall–Kier alpha value is -2.26. The van der Waals surface area contributed by atoms with Crippen molar-refractivity contribution in [1.82, 2.24) is 0 Å². The number of fused-ring (bicyclic) bond motifs is 1. The molecule has 0 radical (unpaired) electrons. The van der Waals surface area contributed by atoms with Gasteiger partial charge in [0.2, 0.25) is 0 Å². The number of benzene rings is 3. The highest BCUT2D eigenvalue weighted by Gasteiger charge is 2.65. The van der Waals surface area contributed by atoms with E-state index in [2.05, 4.69) is 68.3 Å². The lowest BCUT2D eigenvalue weighted by molar-refractivity contribution is -0.204. The van der Waals surface area contributed by atoms with Crippen molar-refractivity contribution in [1.29, 1.82) is 0 Å². The Labute approximate surface area is 289 Å². The second kappa shape index (κ2) is 15.8. The number of carbonyl (C=O) groups excluding carboxylic acids is 2. The fraction of sp³-hybridized carbons (Fsp3) is 0.417. The van der Waals surface area contributed by atoms with Crippen LogP contribution < -0.4 is 15.9 Å². The second-order valence-electron chi connectivity index (χ2n) is 11.6. The lowest BCUT2D eigenvalue weighted by Crippen LogP contribution is -2.49. The molecule has 5 rings (SSSR count). The molecule has 2 aliphatic rings. The maximum atomic E-state index is 12.8. The van der Waals surface area contributed by atoms with E-state index in [1.54, 1.807) is 6.92 Å². The van der Waals surface area contributed by atoms with Crippen LogP contribution in [0.5, 0.6) is 0 Å². The summed E-state index contributed by atoms with van der Waals surface area (Å²) in [6.45, 7) is 9.67. The van der Waals surface area contributed by atoms with Gasteiger partial charge in [0.05, 0.1) is 19.3 Å². The molecule has 0 N–H and O–H groups in total. The van der Waals surface area contributed by atoms with Gasteiger partial charge in [0.25, 0.3) is 0 Å². The van der Waals surface area contributed by atoms with Crippen molar-refractivity contribution in [2.75, 3.05) is 13.2 Å². The number of esters is 2. The van der Waals surface area contributed by atoms with Gasteiger partial charge in [0, 0.05) is 0 Å². The van der Waals surface area contributed by atoms with E-state index in [0.29, 0.717) is 17.4 Å². The van der Waals surface area contributed by atoms with E-state index in [0.717, 1.165) is 22.3 Å². The molecule has 0 spiro atoms. The highest BCUT2D eigenvalue weighted by Crippen LogP contribution is 2.50. The van der Waals surface area contributed by atoms with Crippen LogP contribution in [0.15, 0.2) is 91.0 Å². The number of halogens is 2. The van der Waals surface area contributed by atoms with E-state index in [1.807, 2.05) is 89.2 Å². The van der Waals surface area contributed by atoms with Gasteiger partial charge in [0.1, 0.15) is 26.8 Å². The van der Waals surface area contributed by atoms with Crippen molar-refractivity contribution in [2.45, 2.75) is 82.5 Å². The zero-order chi connectivity index (χ0) is 33.5. The van der Waals surface area contributed by atoms with Crippen LogP contribution in [-0.2, 0) is 33.3 Å². The monoisotopic (exact) mass is 776 g/mol. The fourth-order valence-electron chi connectivity index (χ4n) is 6.18. The third kappa shape index (κ3) is 7.40. The third-order valence-electron chi connectivity index (χ3n) is 8.01. The second-order valence-corrected chi connectivity index (χ2v) is 17.3. The van der Waals surface area contributed by atoms with Crippen LogP contribution in [-0.4, -0.2) is 63.9 Å². The summed E-state index contributed by atoms with van der Waals surface area (Å²) in [6.07, 6.45) is 0.111. The summed E-state index contributed by atoms with van der Waals surface area (Å²) in [4.78, 5) is 24.2. The molecule has 3 aromatic carbocycles. The lowest BCUT2D eigenvalue weighted by atomic mass is 9.90. The van der Waals surface area contributed by atoms with E-state index in [1.165, 1.54) is 0 Å². The zero-order valence-electron chi connectivity index (χ0n) is 27.2. The third-order valence-corrected chi connectivity index (χ3v) is 14.8. The molecule has 5 atom stereocenters. The van der Waals surface area contributed by atoms with Crippen LogP contribution in [0.1, 0.15) is 48.0 Å². The number of hydrogen-bond acceptors (Lipinski definition) is 7. The normalized spacial score (nSPS) is 23.8. The summed E-state index contributed by atoms with van der Waals surface area (Å²) in [5.41, 5.74) is -0.662. The van der Waals surface area contributed by atoms with E-state index in [4.69, 9.17) is 23.7 Å². The summed E-state index contributed by atoms with van der Waals surface area (Å²) in [7, 11) is 0. The highest BCUT2D eigenvalue weighted by atomic mass is 79.9. The summed E-state index contributed by atoms with van der Waals surface area (Å²) < 4.78 is 29.1. The van der Waals surface area contributed by atoms with Crippen LogP contribution in [0, 0.1) is 0 Å².